The van der Waals surface area contributed by atoms with Crippen LogP contribution in [0.5, 0.6) is 0 Å². The van der Waals surface area contributed by atoms with Crippen molar-refractivity contribution in [1.29, 1.82) is 0 Å². The molecule has 1 aliphatic heterocycles. The zero-order chi connectivity index (χ0) is 16.7. The van der Waals surface area contributed by atoms with Crippen LogP contribution in [0.4, 0.5) is 10.8 Å². The molecule has 0 bridgehead atoms. The Morgan fingerprint density at radius 2 is 1.58 bits per heavy atom. The Hall–Kier alpha value is -1.49. The summed E-state index contributed by atoms with van der Waals surface area (Å²) >= 11 is 14.0. The van der Waals surface area contributed by atoms with Crippen molar-refractivity contribution in [2.45, 2.75) is 6.92 Å². The van der Waals surface area contributed by atoms with Crippen LogP contribution in [0.1, 0.15) is 5.56 Å². The first-order valence-electron chi connectivity index (χ1n) is 7.93. The molecular formula is C18H17Cl2N3S. The van der Waals surface area contributed by atoms with E-state index in [0.717, 1.165) is 51.6 Å². The van der Waals surface area contributed by atoms with Gasteiger partial charge in [0.05, 0.1) is 15.2 Å². The topological polar surface area (TPSA) is 19.4 Å². The highest BCUT2D eigenvalue weighted by Crippen LogP contribution is 2.36. The summed E-state index contributed by atoms with van der Waals surface area (Å²) in [5.74, 6) is 0. The molecule has 0 aliphatic carbocycles. The molecule has 124 valence electrons. The van der Waals surface area contributed by atoms with E-state index in [0.29, 0.717) is 0 Å². The number of aromatic nitrogens is 1. The maximum Gasteiger partial charge on any atom is 0.186 e. The van der Waals surface area contributed by atoms with Gasteiger partial charge in [-0.3, -0.25) is 0 Å². The van der Waals surface area contributed by atoms with Gasteiger partial charge in [0.1, 0.15) is 0 Å². The highest BCUT2D eigenvalue weighted by Gasteiger charge is 2.21. The standard InChI is InChI=1S/C18H17Cl2N3S/c1-12-2-7-15(20)17-16(12)21-18(24-17)23-10-8-22(9-11-23)14-5-3-13(19)4-6-14/h2-7H,8-11H2,1H3. The van der Waals surface area contributed by atoms with E-state index in [2.05, 4.69) is 28.9 Å². The van der Waals surface area contributed by atoms with Gasteiger partial charge < -0.3 is 9.80 Å². The Balaban J connectivity index is 1.52. The molecule has 1 fully saturated rings. The Morgan fingerprint density at radius 1 is 0.917 bits per heavy atom. The summed E-state index contributed by atoms with van der Waals surface area (Å²) in [4.78, 5) is 9.57. The van der Waals surface area contributed by atoms with E-state index in [-0.39, 0.29) is 0 Å². The highest BCUT2D eigenvalue weighted by atomic mass is 35.5. The predicted molar refractivity (Wildman–Crippen MR) is 105 cm³/mol. The molecule has 24 heavy (non-hydrogen) atoms. The van der Waals surface area contributed by atoms with Gasteiger partial charge in [-0.1, -0.05) is 40.6 Å². The minimum absolute atomic E-state index is 0.777. The molecule has 6 heteroatoms. The number of rotatable bonds is 2. The van der Waals surface area contributed by atoms with Crippen molar-refractivity contribution in [1.82, 2.24) is 4.98 Å². The number of thiazole rings is 1. The number of aryl methyl sites for hydroxylation is 1. The first kappa shape index (κ1) is 16.0. The molecule has 0 radical (unpaired) electrons. The minimum atomic E-state index is 0.777. The fourth-order valence-electron chi connectivity index (χ4n) is 3.03. The van der Waals surface area contributed by atoms with Crippen LogP contribution < -0.4 is 9.80 Å². The van der Waals surface area contributed by atoms with Gasteiger partial charge in [0, 0.05) is 36.9 Å². The van der Waals surface area contributed by atoms with Crippen LogP contribution in [-0.4, -0.2) is 31.2 Å². The van der Waals surface area contributed by atoms with E-state index in [1.165, 1.54) is 11.3 Å². The second-order valence-electron chi connectivity index (χ2n) is 5.99. The number of anilines is 2. The van der Waals surface area contributed by atoms with E-state index in [1.807, 2.05) is 24.3 Å². The third-order valence-electron chi connectivity index (χ3n) is 4.43. The average Bonchev–Trinajstić information content (AvgIpc) is 3.06. The number of hydrogen-bond acceptors (Lipinski definition) is 4. The largest absolute Gasteiger partial charge is 0.368 e. The van der Waals surface area contributed by atoms with Crippen LogP contribution in [0.25, 0.3) is 10.2 Å². The third kappa shape index (κ3) is 2.94. The zero-order valence-electron chi connectivity index (χ0n) is 13.3. The molecule has 2 heterocycles. The molecule has 4 rings (SSSR count). The van der Waals surface area contributed by atoms with Gasteiger partial charge in [0.15, 0.2) is 5.13 Å². The lowest BCUT2D eigenvalue weighted by Crippen LogP contribution is -2.46. The minimum Gasteiger partial charge on any atom is -0.368 e. The molecule has 1 saturated heterocycles. The Labute approximate surface area is 155 Å². The molecule has 3 aromatic rings. The molecule has 0 amide bonds. The monoisotopic (exact) mass is 377 g/mol. The van der Waals surface area contributed by atoms with E-state index < -0.39 is 0 Å². The molecule has 0 N–H and O–H groups in total. The zero-order valence-corrected chi connectivity index (χ0v) is 15.6. The maximum absolute atomic E-state index is 6.33. The molecule has 0 atom stereocenters. The van der Waals surface area contributed by atoms with Gasteiger partial charge in [0.2, 0.25) is 0 Å². The lowest BCUT2D eigenvalue weighted by Gasteiger charge is -2.36. The van der Waals surface area contributed by atoms with Crippen LogP contribution in [0.2, 0.25) is 10.0 Å². The molecule has 1 aliphatic rings. The summed E-state index contributed by atoms with van der Waals surface area (Å²) in [5, 5.41) is 2.63. The number of hydrogen-bond donors (Lipinski definition) is 0. The SMILES string of the molecule is Cc1ccc(Cl)c2sc(N3CCN(c4ccc(Cl)cc4)CC3)nc12. The highest BCUT2D eigenvalue weighted by molar-refractivity contribution is 7.22. The van der Waals surface area contributed by atoms with Crippen LogP contribution in [-0.2, 0) is 0 Å². The van der Waals surface area contributed by atoms with Gasteiger partial charge in [0.25, 0.3) is 0 Å². The summed E-state index contributed by atoms with van der Waals surface area (Å²) < 4.78 is 1.09. The van der Waals surface area contributed by atoms with Crippen LogP contribution in [0.3, 0.4) is 0 Å². The Morgan fingerprint density at radius 3 is 2.25 bits per heavy atom. The van der Waals surface area contributed by atoms with Crippen molar-refractivity contribution in [3.63, 3.8) is 0 Å². The first-order valence-corrected chi connectivity index (χ1v) is 9.50. The van der Waals surface area contributed by atoms with Crippen LogP contribution in [0.15, 0.2) is 36.4 Å². The Bertz CT molecular complexity index is 829. The predicted octanol–water partition coefficient (Wildman–Crippen LogP) is 5.24. The lowest BCUT2D eigenvalue weighted by molar-refractivity contribution is 0.652. The van der Waals surface area contributed by atoms with Crippen molar-refractivity contribution >= 4 is 55.6 Å². The second-order valence-corrected chi connectivity index (χ2v) is 7.81. The van der Waals surface area contributed by atoms with Crippen molar-refractivity contribution in [3.05, 3.63) is 52.0 Å². The maximum atomic E-state index is 6.33. The van der Waals surface area contributed by atoms with E-state index in [1.54, 1.807) is 11.3 Å². The van der Waals surface area contributed by atoms with Crippen molar-refractivity contribution < 1.29 is 0 Å². The Kier molecular flexibility index (Phi) is 4.29. The van der Waals surface area contributed by atoms with Gasteiger partial charge in [-0.25, -0.2) is 4.98 Å². The summed E-state index contributed by atoms with van der Waals surface area (Å²) in [7, 11) is 0. The van der Waals surface area contributed by atoms with Gasteiger partial charge in [-0.05, 0) is 42.8 Å². The number of benzene rings is 2. The van der Waals surface area contributed by atoms with E-state index in [9.17, 15) is 0 Å². The summed E-state index contributed by atoms with van der Waals surface area (Å²) in [6.45, 7) is 5.95. The summed E-state index contributed by atoms with van der Waals surface area (Å²) in [6.07, 6.45) is 0. The molecule has 3 nitrogen and oxygen atoms in total. The normalized spacial score (nSPS) is 15.3. The van der Waals surface area contributed by atoms with E-state index >= 15 is 0 Å². The van der Waals surface area contributed by atoms with Crippen molar-refractivity contribution in [2.75, 3.05) is 36.0 Å². The molecular weight excluding hydrogens is 361 g/mol. The average molecular weight is 378 g/mol. The van der Waals surface area contributed by atoms with Crippen molar-refractivity contribution in [2.24, 2.45) is 0 Å². The number of halogens is 2. The summed E-state index contributed by atoms with van der Waals surface area (Å²) in [5.41, 5.74) is 3.43. The molecule has 0 spiro atoms. The number of piperazine rings is 1. The third-order valence-corrected chi connectivity index (χ3v) is 6.26. The van der Waals surface area contributed by atoms with Crippen LogP contribution in [0, 0.1) is 6.92 Å². The fourth-order valence-corrected chi connectivity index (χ4v) is 4.53. The number of nitrogens with zero attached hydrogens (tertiary/aromatic N) is 3. The fraction of sp³-hybridized carbons (Fsp3) is 0.278. The number of fused-ring (bicyclic) bond motifs is 1. The molecule has 0 saturated carbocycles. The van der Waals surface area contributed by atoms with Crippen molar-refractivity contribution in [3.8, 4) is 0 Å². The van der Waals surface area contributed by atoms with Gasteiger partial charge >= 0.3 is 0 Å². The van der Waals surface area contributed by atoms with Crippen LogP contribution >= 0.6 is 34.5 Å². The van der Waals surface area contributed by atoms with Gasteiger partial charge in [-0.2, -0.15) is 0 Å². The van der Waals surface area contributed by atoms with E-state index in [4.69, 9.17) is 28.2 Å². The first-order chi connectivity index (χ1) is 11.6. The second kappa shape index (κ2) is 6.43. The molecule has 1 aromatic heterocycles. The summed E-state index contributed by atoms with van der Waals surface area (Å²) in [6, 6.07) is 12.0. The quantitative estimate of drug-likeness (QED) is 0.608. The molecule has 0 unspecified atom stereocenters. The lowest BCUT2D eigenvalue weighted by atomic mass is 10.2. The molecule has 2 aromatic carbocycles. The smallest absolute Gasteiger partial charge is 0.186 e. The van der Waals surface area contributed by atoms with Gasteiger partial charge in [-0.15, -0.1) is 0 Å².